The number of carbonyl (C=O) groups excluding carboxylic acids is 1. The molecule has 0 aromatic carbocycles. The van der Waals surface area contributed by atoms with Gasteiger partial charge >= 0.3 is 0 Å². The number of allylic oxidation sites excluding steroid dienone is 2. The molecule has 2 aliphatic rings. The molecule has 2 atom stereocenters. The van der Waals surface area contributed by atoms with Crippen LogP contribution in [0.5, 0.6) is 0 Å². The van der Waals surface area contributed by atoms with Crippen molar-refractivity contribution >= 4 is 5.78 Å². The zero-order valence-electron chi connectivity index (χ0n) is 7.59. The molecule has 1 aliphatic carbocycles. The van der Waals surface area contributed by atoms with Crippen molar-refractivity contribution in [2.24, 2.45) is 11.8 Å². The topological polar surface area (TPSA) is 26.3 Å². The Kier molecular flexibility index (Phi) is 1.71. The summed E-state index contributed by atoms with van der Waals surface area (Å²) in [5.74, 6) is 1.88. The molecule has 0 amide bonds. The normalized spacial score (nSPS) is 35.0. The van der Waals surface area contributed by atoms with E-state index in [4.69, 9.17) is 4.74 Å². The second-order valence-corrected chi connectivity index (χ2v) is 3.85. The number of carbonyl (C=O) groups is 1. The lowest BCUT2D eigenvalue weighted by Gasteiger charge is -2.23. The summed E-state index contributed by atoms with van der Waals surface area (Å²) in [4.78, 5) is 11.4. The minimum absolute atomic E-state index is 0.212. The van der Waals surface area contributed by atoms with Gasteiger partial charge in [0, 0.05) is 6.42 Å². The fourth-order valence-electron chi connectivity index (χ4n) is 2.23. The number of rotatable bonds is 0. The van der Waals surface area contributed by atoms with Gasteiger partial charge in [-0.1, -0.05) is 13.8 Å². The Bertz CT molecular complexity index is 253. The SMILES string of the molecule is C[C@@H]1CC(=O)C2=C1[C@@H](C)CCO2. The third-order valence-electron chi connectivity index (χ3n) is 2.87. The maximum absolute atomic E-state index is 11.4. The van der Waals surface area contributed by atoms with Gasteiger partial charge in [-0.3, -0.25) is 4.79 Å². The number of hydrogen-bond acceptors (Lipinski definition) is 2. The van der Waals surface area contributed by atoms with Crippen molar-refractivity contribution in [1.82, 2.24) is 0 Å². The lowest BCUT2D eigenvalue weighted by molar-refractivity contribution is -0.118. The summed E-state index contributed by atoms with van der Waals surface area (Å²) >= 11 is 0. The van der Waals surface area contributed by atoms with E-state index in [2.05, 4.69) is 13.8 Å². The van der Waals surface area contributed by atoms with Gasteiger partial charge in [-0.15, -0.1) is 0 Å². The third kappa shape index (κ3) is 0.977. The predicted octanol–water partition coefficient (Wildman–Crippen LogP) is 1.91. The summed E-state index contributed by atoms with van der Waals surface area (Å²) < 4.78 is 5.39. The minimum Gasteiger partial charge on any atom is -0.490 e. The Hall–Kier alpha value is -0.790. The van der Waals surface area contributed by atoms with E-state index in [0.717, 1.165) is 13.0 Å². The van der Waals surface area contributed by atoms with Gasteiger partial charge in [0.05, 0.1) is 6.61 Å². The first-order valence-corrected chi connectivity index (χ1v) is 4.60. The Morgan fingerprint density at radius 2 is 2.08 bits per heavy atom. The van der Waals surface area contributed by atoms with Gasteiger partial charge in [-0.2, -0.15) is 0 Å². The van der Waals surface area contributed by atoms with E-state index in [1.807, 2.05) is 0 Å². The van der Waals surface area contributed by atoms with Crippen LogP contribution in [0.25, 0.3) is 0 Å². The first-order valence-electron chi connectivity index (χ1n) is 4.60. The van der Waals surface area contributed by atoms with Gasteiger partial charge in [0.25, 0.3) is 0 Å². The molecule has 0 aromatic rings. The van der Waals surface area contributed by atoms with Crippen LogP contribution < -0.4 is 0 Å². The second-order valence-electron chi connectivity index (χ2n) is 3.85. The van der Waals surface area contributed by atoms with Crippen molar-refractivity contribution in [2.75, 3.05) is 6.61 Å². The summed E-state index contributed by atoms with van der Waals surface area (Å²) in [6.07, 6.45) is 1.73. The van der Waals surface area contributed by atoms with E-state index >= 15 is 0 Å². The molecule has 0 bridgehead atoms. The molecule has 1 aliphatic heterocycles. The van der Waals surface area contributed by atoms with Crippen LogP contribution in [0.3, 0.4) is 0 Å². The highest BCUT2D eigenvalue weighted by Gasteiger charge is 2.35. The molecule has 0 spiro atoms. The molecule has 0 aromatic heterocycles. The van der Waals surface area contributed by atoms with Gasteiger partial charge in [0.15, 0.2) is 11.5 Å². The molecule has 0 unspecified atom stereocenters. The molecule has 66 valence electrons. The second kappa shape index (κ2) is 2.61. The zero-order chi connectivity index (χ0) is 8.72. The molecule has 0 radical (unpaired) electrons. The molecular formula is C10H14O2. The van der Waals surface area contributed by atoms with Crippen LogP contribution in [0.15, 0.2) is 11.3 Å². The van der Waals surface area contributed by atoms with E-state index in [1.165, 1.54) is 5.57 Å². The predicted molar refractivity (Wildman–Crippen MR) is 45.5 cm³/mol. The summed E-state index contributed by atoms with van der Waals surface area (Å²) in [6, 6.07) is 0. The van der Waals surface area contributed by atoms with Crippen molar-refractivity contribution < 1.29 is 9.53 Å². The van der Waals surface area contributed by atoms with Gasteiger partial charge in [-0.25, -0.2) is 0 Å². The summed E-state index contributed by atoms with van der Waals surface area (Å²) in [6.45, 7) is 5.02. The molecule has 0 N–H and O–H groups in total. The first-order chi connectivity index (χ1) is 5.70. The van der Waals surface area contributed by atoms with Crippen molar-refractivity contribution in [3.05, 3.63) is 11.3 Å². The average molecular weight is 166 g/mol. The fourth-order valence-corrected chi connectivity index (χ4v) is 2.23. The van der Waals surface area contributed by atoms with Crippen LogP contribution in [0.4, 0.5) is 0 Å². The number of ether oxygens (including phenoxy) is 1. The van der Waals surface area contributed by atoms with Gasteiger partial charge in [-0.05, 0) is 23.8 Å². The van der Waals surface area contributed by atoms with E-state index in [0.29, 0.717) is 24.0 Å². The highest BCUT2D eigenvalue weighted by Crippen LogP contribution is 2.38. The average Bonchev–Trinajstić information content (AvgIpc) is 2.29. The Morgan fingerprint density at radius 1 is 1.33 bits per heavy atom. The summed E-state index contributed by atoms with van der Waals surface area (Å²) in [5.41, 5.74) is 1.27. The lowest BCUT2D eigenvalue weighted by atomic mass is 9.89. The molecule has 0 fully saturated rings. The van der Waals surface area contributed by atoms with Gasteiger partial charge in [0.2, 0.25) is 0 Å². The Morgan fingerprint density at radius 3 is 2.75 bits per heavy atom. The first kappa shape index (κ1) is 7.84. The third-order valence-corrected chi connectivity index (χ3v) is 2.87. The molecular weight excluding hydrogens is 152 g/mol. The molecule has 2 heteroatoms. The summed E-state index contributed by atoms with van der Waals surface area (Å²) in [5, 5.41) is 0. The highest BCUT2D eigenvalue weighted by molar-refractivity contribution is 5.97. The largest absolute Gasteiger partial charge is 0.490 e. The monoisotopic (exact) mass is 166 g/mol. The van der Waals surface area contributed by atoms with E-state index in [9.17, 15) is 4.79 Å². The van der Waals surface area contributed by atoms with Crippen molar-refractivity contribution in [2.45, 2.75) is 26.7 Å². The molecule has 0 saturated heterocycles. The molecule has 2 nitrogen and oxygen atoms in total. The van der Waals surface area contributed by atoms with Crippen LogP contribution in [0.2, 0.25) is 0 Å². The van der Waals surface area contributed by atoms with E-state index in [-0.39, 0.29) is 5.78 Å². The van der Waals surface area contributed by atoms with Crippen LogP contribution in [-0.2, 0) is 9.53 Å². The maximum Gasteiger partial charge on any atom is 0.197 e. The number of ketones is 1. The lowest BCUT2D eigenvalue weighted by Crippen LogP contribution is -2.15. The van der Waals surface area contributed by atoms with E-state index < -0.39 is 0 Å². The highest BCUT2D eigenvalue weighted by atomic mass is 16.5. The number of Topliss-reactive ketones (excluding diaryl/α,β-unsaturated/α-hetero) is 1. The smallest absolute Gasteiger partial charge is 0.197 e. The molecule has 2 rings (SSSR count). The summed E-state index contributed by atoms with van der Waals surface area (Å²) in [7, 11) is 0. The standard InChI is InChI=1S/C10H14O2/c1-6-3-4-12-10-8(11)5-7(2)9(6)10/h6-7H,3-5H2,1-2H3/t6-,7+/m0/s1. The maximum atomic E-state index is 11.4. The fraction of sp³-hybridized carbons (Fsp3) is 0.700. The number of hydrogen-bond donors (Lipinski definition) is 0. The van der Waals surface area contributed by atoms with Crippen molar-refractivity contribution in [3.8, 4) is 0 Å². The van der Waals surface area contributed by atoms with Crippen LogP contribution in [-0.4, -0.2) is 12.4 Å². The van der Waals surface area contributed by atoms with Crippen LogP contribution in [0.1, 0.15) is 26.7 Å². The molecule has 12 heavy (non-hydrogen) atoms. The van der Waals surface area contributed by atoms with Gasteiger partial charge < -0.3 is 4.74 Å². The minimum atomic E-state index is 0.212. The quantitative estimate of drug-likeness (QED) is 0.549. The van der Waals surface area contributed by atoms with Crippen molar-refractivity contribution in [1.29, 1.82) is 0 Å². The molecule has 1 heterocycles. The van der Waals surface area contributed by atoms with E-state index in [1.54, 1.807) is 0 Å². The van der Waals surface area contributed by atoms with Crippen molar-refractivity contribution in [3.63, 3.8) is 0 Å². The Labute approximate surface area is 72.6 Å². The van der Waals surface area contributed by atoms with Gasteiger partial charge in [0.1, 0.15) is 0 Å². The molecule has 0 saturated carbocycles. The van der Waals surface area contributed by atoms with Crippen LogP contribution in [0, 0.1) is 11.8 Å². The van der Waals surface area contributed by atoms with Crippen LogP contribution >= 0.6 is 0 Å². The Balaban J connectivity index is 2.38. The zero-order valence-corrected chi connectivity index (χ0v) is 7.59.